The summed E-state index contributed by atoms with van der Waals surface area (Å²) in [7, 11) is 0. The maximum absolute atomic E-state index is 13.2. The van der Waals surface area contributed by atoms with E-state index >= 15 is 0 Å². The first-order chi connectivity index (χ1) is 13.5. The molecule has 1 atom stereocenters. The minimum Gasteiger partial charge on any atom is -0.327 e. The second kappa shape index (κ2) is 7.37. The summed E-state index contributed by atoms with van der Waals surface area (Å²) in [5, 5.41) is 2.66. The Morgan fingerprint density at radius 2 is 1.68 bits per heavy atom. The van der Waals surface area contributed by atoms with Gasteiger partial charge in [0, 0.05) is 24.6 Å². The molecular formula is C21H25N3O4. The highest BCUT2D eigenvalue weighted by Gasteiger charge is 2.49. The van der Waals surface area contributed by atoms with Gasteiger partial charge in [-0.25, -0.2) is 4.90 Å². The lowest BCUT2D eigenvalue weighted by atomic mass is 10.1. The van der Waals surface area contributed by atoms with Crippen LogP contribution in [-0.2, 0) is 19.2 Å². The average Bonchev–Trinajstić information content (AvgIpc) is 3.30. The predicted molar refractivity (Wildman–Crippen MR) is 103 cm³/mol. The molecule has 0 aromatic heterocycles. The van der Waals surface area contributed by atoms with Crippen LogP contribution in [0.15, 0.2) is 24.3 Å². The van der Waals surface area contributed by atoms with E-state index in [9.17, 15) is 19.2 Å². The number of carbonyl (C=O) groups is 4. The van der Waals surface area contributed by atoms with E-state index in [-0.39, 0.29) is 42.0 Å². The smallest absolute Gasteiger partial charge is 0.257 e. The fraction of sp³-hybridized carbons (Fsp3) is 0.524. The third-order valence-electron chi connectivity index (χ3n) is 5.80. The Labute approximate surface area is 164 Å². The van der Waals surface area contributed by atoms with E-state index in [4.69, 9.17) is 0 Å². The van der Waals surface area contributed by atoms with Gasteiger partial charge in [0.1, 0.15) is 6.04 Å². The summed E-state index contributed by atoms with van der Waals surface area (Å²) in [4.78, 5) is 52.9. The zero-order chi connectivity index (χ0) is 19.8. The number of hydrogen-bond donors (Lipinski definition) is 1. The number of rotatable bonds is 5. The van der Waals surface area contributed by atoms with Crippen LogP contribution in [0.1, 0.15) is 51.9 Å². The number of nitrogens with zero attached hydrogens (tertiary/aromatic N) is 2. The Morgan fingerprint density at radius 3 is 2.25 bits per heavy atom. The van der Waals surface area contributed by atoms with Gasteiger partial charge >= 0.3 is 0 Å². The van der Waals surface area contributed by atoms with E-state index in [0.717, 1.165) is 38.5 Å². The van der Waals surface area contributed by atoms with Crippen LogP contribution < -0.4 is 10.2 Å². The van der Waals surface area contributed by atoms with Crippen LogP contribution in [0.5, 0.6) is 0 Å². The van der Waals surface area contributed by atoms with E-state index in [1.54, 1.807) is 29.2 Å². The zero-order valence-corrected chi connectivity index (χ0v) is 16.0. The molecule has 3 fully saturated rings. The number of imide groups is 1. The maximum Gasteiger partial charge on any atom is 0.257 e. The molecule has 7 nitrogen and oxygen atoms in total. The monoisotopic (exact) mass is 383 g/mol. The Balaban J connectivity index is 1.56. The number of nitrogens with one attached hydrogen (secondary N) is 1. The van der Waals surface area contributed by atoms with Crippen molar-refractivity contribution in [3.8, 4) is 0 Å². The summed E-state index contributed by atoms with van der Waals surface area (Å²) in [6.45, 7) is 1.42. The Morgan fingerprint density at radius 1 is 1.04 bits per heavy atom. The summed E-state index contributed by atoms with van der Waals surface area (Å²) < 4.78 is 0. The van der Waals surface area contributed by atoms with Crippen LogP contribution in [0.3, 0.4) is 0 Å². The van der Waals surface area contributed by atoms with Gasteiger partial charge in [-0.2, -0.15) is 0 Å². The lowest BCUT2D eigenvalue weighted by Gasteiger charge is -2.33. The molecule has 1 N–H and O–H groups in total. The second-order valence-corrected chi connectivity index (χ2v) is 7.97. The minimum atomic E-state index is -0.696. The molecule has 2 saturated carbocycles. The van der Waals surface area contributed by atoms with Crippen molar-refractivity contribution in [3.05, 3.63) is 24.3 Å². The number of carbonyl (C=O) groups excluding carboxylic acids is 4. The van der Waals surface area contributed by atoms with Gasteiger partial charge < -0.3 is 10.2 Å². The molecule has 7 heteroatoms. The number of benzene rings is 1. The molecule has 1 aromatic rings. The standard InChI is InChI=1S/C21H25N3O4/c1-13(25)22-15-8-10-17(11-9-15)24-19(26)12-18(21(24)28)23(16-4-2-3-5-16)20(27)14-6-7-14/h8-11,14,16,18H,2-7,12H2,1H3,(H,22,25). The average molecular weight is 383 g/mol. The first kappa shape index (κ1) is 18.7. The van der Waals surface area contributed by atoms with Gasteiger partial charge in [0.15, 0.2) is 0 Å². The largest absolute Gasteiger partial charge is 0.327 e. The summed E-state index contributed by atoms with van der Waals surface area (Å²) in [6, 6.07) is 5.98. The summed E-state index contributed by atoms with van der Waals surface area (Å²) >= 11 is 0. The van der Waals surface area contributed by atoms with Gasteiger partial charge in [-0.1, -0.05) is 12.8 Å². The molecule has 0 spiro atoms. The van der Waals surface area contributed by atoms with Crippen molar-refractivity contribution in [2.45, 2.75) is 64.0 Å². The Bertz CT molecular complexity index is 809. The highest BCUT2D eigenvalue weighted by molar-refractivity contribution is 6.23. The molecule has 4 rings (SSSR count). The van der Waals surface area contributed by atoms with Gasteiger partial charge in [-0.05, 0) is 49.9 Å². The fourth-order valence-electron chi connectivity index (χ4n) is 4.31. The maximum atomic E-state index is 13.2. The van der Waals surface area contributed by atoms with Crippen molar-refractivity contribution in [1.82, 2.24) is 4.90 Å². The molecule has 0 bridgehead atoms. The molecule has 1 unspecified atom stereocenters. The normalized spacial score (nSPS) is 22.6. The molecule has 1 aromatic carbocycles. The van der Waals surface area contributed by atoms with Crippen molar-refractivity contribution in [3.63, 3.8) is 0 Å². The number of anilines is 2. The van der Waals surface area contributed by atoms with E-state index < -0.39 is 6.04 Å². The van der Waals surface area contributed by atoms with Gasteiger partial charge in [0.05, 0.1) is 12.1 Å². The molecule has 28 heavy (non-hydrogen) atoms. The Kier molecular flexibility index (Phi) is 4.91. The van der Waals surface area contributed by atoms with E-state index in [1.165, 1.54) is 11.8 Å². The molecular weight excluding hydrogens is 358 g/mol. The summed E-state index contributed by atoms with van der Waals surface area (Å²) in [5.41, 5.74) is 1.07. The lowest BCUT2D eigenvalue weighted by molar-refractivity contribution is -0.142. The third kappa shape index (κ3) is 3.53. The molecule has 2 aliphatic carbocycles. The first-order valence-electron chi connectivity index (χ1n) is 10.0. The molecule has 1 aliphatic heterocycles. The molecule has 0 radical (unpaired) electrons. The van der Waals surface area contributed by atoms with E-state index in [2.05, 4.69) is 5.32 Å². The third-order valence-corrected chi connectivity index (χ3v) is 5.80. The number of hydrogen-bond acceptors (Lipinski definition) is 4. The van der Waals surface area contributed by atoms with Gasteiger partial charge in [0.2, 0.25) is 17.7 Å². The van der Waals surface area contributed by atoms with Gasteiger partial charge in [-0.3, -0.25) is 19.2 Å². The predicted octanol–water partition coefficient (Wildman–Crippen LogP) is 2.46. The van der Waals surface area contributed by atoms with Crippen molar-refractivity contribution in [2.24, 2.45) is 5.92 Å². The highest BCUT2D eigenvalue weighted by Crippen LogP contribution is 2.38. The van der Waals surface area contributed by atoms with Gasteiger partial charge in [-0.15, -0.1) is 0 Å². The van der Waals surface area contributed by atoms with Crippen LogP contribution in [-0.4, -0.2) is 40.6 Å². The first-order valence-corrected chi connectivity index (χ1v) is 10.0. The van der Waals surface area contributed by atoms with Crippen molar-refractivity contribution < 1.29 is 19.2 Å². The van der Waals surface area contributed by atoms with Crippen molar-refractivity contribution in [2.75, 3.05) is 10.2 Å². The SMILES string of the molecule is CC(=O)Nc1ccc(N2C(=O)CC(N(C(=O)C3CC3)C3CCCC3)C2=O)cc1. The van der Waals surface area contributed by atoms with Crippen LogP contribution in [0.2, 0.25) is 0 Å². The van der Waals surface area contributed by atoms with Crippen LogP contribution in [0.25, 0.3) is 0 Å². The lowest BCUT2D eigenvalue weighted by Crippen LogP contribution is -2.50. The zero-order valence-electron chi connectivity index (χ0n) is 16.0. The fourth-order valence-corrected chi connectivity index (χ4v) is 4.31. The van der Waals surface area contributed by atoms with Crippen LogP contribution >= 0.6 is 0 Å². The molecule has 1 heterocycles. The molecule has 4 amide bonds. The molecule has 3 aliphatic rings. The number of amides is 4. The Hall–Kier alpha value is -2.70. The molecule has 1 saturated heterocycles. The quantitative estimate of drug-likeness (QED) is 0.792. The van der Waals surface area contributed by atoms with Crippen molar-refractivity contribution in [1.29, 1.82) is 0 Å². The van der Waals surface area contributed by atoms with Crippen molar-refractivity contribution >= 4 is 35.0 Å². The van der Waals surface area contributed by atoms with E-state index in [0.29, 0.717) is 11.4 Å². The second-order valence-electron chi connectivity index (χ2n) is 7.97. The highest BCUT2D eigenvalue weighted by atomic mass is 16.2. The van der Waals surface area contributed by atoms with Crippen LogP contribution in [0, 0.1) is 5.92 Å². The molecule has 148 valence electrons. The summed E-state index contributed by atoms with van der Waals surface area (Å²) in [5.74, 6) is -0.727. The van der Waals surface area contributed by atoms with Crippen LogP contribution in [0.4, 0.5) is 11.4 Å². The van der Waals surface area contributed by atoms with Gasteiger partial charge in [0.25, 0.3) is 5.91 Å². The summed E-state index contributed by atoms with van der Waals surface area (Å²) in [6.07, 6.45) is 5.73. The minimum absolute atomic E-state index is 0.0227. The topological polar surface area (TPSA) is 86.8 Å². The van der Waals surface area contributed by atoms with E-state index in [1.807, 2.05) is 0 Å².